The standard InChI is InChI=1S/C24H34F3N5O3/c1-3-23(7-4-15(11-23)29-18-6-9-35-14-19(18)34-2)21(33)31-12-17-10-16(31)13-32(17)22-28-8-5-20(30-22)24(25,26)27/h5,8,15-19,29H,3-4,6-7,9-14H2,1-2H3/t15-,16+,17+,18+,19-,23+/m1/s1/i2D. The van der Waals surface area contributed by atoms with Crippen molar-refractivity contribution in [3.8, 4) is 0 Å². The van der Waals surface area contributed by atoms with Gasteiger partial charge in [0.2, 0.25) is 11.9 Å². The third-order valence-corrected chi connectivity index (χ3v) is 8.40. The topological polar surface area (TPSA) is 79.8 Å². The number of piperazine rings is 1. The van der Waals surface area contributed by atoms with Crippen molar-refractivity contribution >= 4 is 11.9 Å². The van der Waals surface area contributed by atoms with Gasteiger partial charge in [0.15, 0.2) is 0 Å². The number of hydrogen-bond donors (Lipinski definition) is 1. The second kappa shape index (κ2) is 9.48. The van der Waals surface area contributed by atoms with Crippen molar-refractivity contribution in [3.05, 3.63) is 18.0 Å². The second-order valence-electron chi connectivity index (χ2n) is 10.3. The van der Waals surface area contributed by atoms with Crippen molar-refractivity contribution in [2.24, 2.45) is 5.41 Å². The highest BCUT2D eigenvalue weighted by molar-refractivity contribution is 5.84. The molecule has 35 heavy (non-hydrogen) atoms. The molecule has 6 atom stereocenters. The Morgan fingerprint density at radius 1 is 1.37 bits per heavy atom. The fraction of sp³-hybridized carbons (Fsp3) is 0.792. The van der Waals surface area contributed by atoms with Gasteiger partial charge in [0.05, 0.1) is 31.6 Å². The van der Waals surface area contributed by atoms with Crippen LogP contribution in [-0.2, 0) is 20.4 Å². The Labute approximate surface area is 205 Å². The van der Waals surface area contributed by atoms with E-state index in [0.717, 1.165) is 50.8 Å². The summed E-state index contributed by atoms with van der Waals surface area (Å²) < 4.78 is 57.8. The molecule has 4 fully saturated rings. The number of nitrogens with one attached hydrogen (secondary N) is 1. The number of aromatic nitrogens is 2. The molecule has 0 aromatic carbocycles. The van der Waals surface area contributed by atoms with Crippen LogP contribution < -0.4 is 10.2 Å². The van der Waals surface area contributed by atoms with Crippen LogP contribution in [0.5, 0.6) is 0 Å². The zero-order valence-corrected chi connectivity index (χ0v) is 20.0. The molecular formula is C24H34F3N5O3. The largest absolute Gasteiger partial charge is 0.433 e. The summed E-state index contributed by atoms with van der Waals surface area (Å²) in [6, 6.07) is 1.08. The number of methoxy groups -OCH3 is 1. The number of halogens is 3. The lowest BCUT2D eigenvalue weighted by atomic mass is 9.81. The summed E-state index contributed by atoms with van der Waals surface area (Å²) in [5, 5.41) is 3.69. The molecule has 1 N–H and O–H groups in total. The Hall–Kier alpha value is -1.98. The summed E-state index contributed by atoms with van der Waals surface area (Å²) in [5.41, 5.74) is -1.38. The average molecular weight is 499 g/mol. The number of fused-ring (bicyclic) bond motifs is 2. The van der Waals surface area contributed by atoms with Gasteiger partial charge in [0.25, 0.3) is 0 Å². The maximum Gasteiger partial charge on any atom is 0.433 e. The number of rotatable bonds is 6. The zero-order valence-electron chi connectivity index (χ0n) is 21.0. The number of alkyl halides is 3. The van der Waals surface area contributed by atoms with E-state index in [2.05, 4.69) is 22.2 Å². The van der Waals surface area contributed by atoms with Crippen molar-refractivity contribution in [1.29, 1.82) is 0 Å². The highest BCUT2D eigenvalue weighted by atomic mass is 19.4. The molecule has 11 heteroatoms. The first-order valence-electron chi connectivity index (χ1n) is 13.2. The number of ether oxygens (including phenoxy) is 2. The van der Waals surface area contributed by atoms with Gasteiger partial charge in [-0.1, -0.05) is 6.92 Å². The molecule has 1 aromatic rings. The van der Waals surface area contributed by atoms with Crippen molar-refractivity contribution in [1.82, 2.24) is 20.2 Å². The first kappa shape index (κ1) is 23.4. The maximum atomic E-state index is 13.9. The molecule has 1 aromatic heterocycles. The van der Waals surface area contributed by atoms with E-state index >= 15 is 0 Å². The Morgan fingerprint density at radius 3 is 2.94 bits per heavy atom. The molecule has 4 aliphatic rings. The minimum absolute atomic E-state index is 0.0404. The quantitative estimate of drug-likeness (QED) is 0.646. The van der Waals surface area contributed by atoms with Gasteiger partial charge in [-0.15, -0.1) is 0 Å². The molecule has 2 bridgehead atoms. The van der Waals surface area contributed by atoms with Crippen LogP contribution in [0.15, 0.2) is 12.3 Å². The van der Waals surface area contributed by atoms with Gasteiger partial charge < -0.3 is 24.6 Å². The predicted molar refractivity (Wildman–Crippen MR) is 122 cm³/mol. The Bertz CT molecular complexity index is 954. The summed E-state index contributed by atoms with van der Waals surface area (Å²) in [4.78, 5) is 25.5. The molecule has 8 nitrogen and oxygen atoms in total. The van der Waals surface area contributed by atoms with E-state index in [9.17, 15) is 18.0 Å². The van der Waals surface area contributed by atoms with Gasteiger partial charge in [0.1, 0.15) is 5.69 Å². The molecule has 0 radical (unpaired) electrons. The first-order chi connectivity index (χ1) is 17.2. The van der Waals surface area contributed by atoms with Crippen molar-refractivity contribution < 1.29 is 28.8 Å². The molecule has 0 unspecified atom stereocenters. The fourth-order valence-corrected chi connectivity index (χ4v) is 6.41. The molecule has 3 saturated heterocycles. The van der Waals surface area contributed by atoms with E-state index in [-0.39, 0.29) is 49.2 Å². The monoisotopic (exact) mass is 498 g/mol. The summed E-state index contributed by atoms with van der Waals surface area (Å²) in [7, 11) is -0.103. The summed E-state index contributed by atoms with van der Waals surface area (Å²) in [6.07, 6.45) is 1.23. The number of anilines is 1. The van der Waals surface area contributed by atoms with Crippen LogP contribution in [0.4, 0.5) is 19.1 Å². The molecule has 1 aliphatic carbocycles. The molecule has 1 saturated carbocycles. The van der Waals surface area contributed by atoms with Crippen LogP contribution in [0.2, 0.25) is 0 Å². The maximum absolute atomic E-state index is 13.9. The lowest BCUT2D eigenvalue weighted by molar-refractivity contribution is -0.143. The van der Waals surface area contributed by atoms with Gasteiger partial charge in [-0.05, 0) is 44.6 Å². The third-order valence-electron chi connectivity index (χ3n) is 8.40. The van der Waals surface area contributed by atoms with E-state index < -0.39 is 17.3 Å². The normalized spacial score (nSPS) is 35.5. The van der Waals surface area contributed by atoms with Gasteiger partial charge in [-0.3, -0.25) is 4.79 Å². The van der Waals surface area contributed by atoms with Crippen LogP contribution in [0.1, 0.15) is 52.5 Å². The molecule has 5 rings (SSSR count). The fourth-order valence-electron chi connectivity index (χ4n) is 6.41. The number of hydrogen-bond acceptors (Lipinski definition) is 7. The van der Waals surface area contributed by atoms with Gasteiger partial charge in [-0.2, -0.15) is 13.2 Å². The smallest absolute Gasteiger partial charge is 0.379 e. The SMILES string of the molecule is [2H]CO[C@@H]1COCC[C@@H]1N[C@@H]1CC[C@](CC)(C(=O)N2C[C@@H]3C[C@H]2CN3c2nccc(C(F)(F)F)n2)C1. The van der Waals surface area contributed by atoms with E-state index in [0.29, 0.717) is 26.3 Å². The third kappa shape index (κ3) is 4.62. The summed E-state index contributed by atoms with van der Waals surface area (Å²) in [6.45, 7) is 4.14. The number of carbonyl (C=O) groups is 1. The van der Waals surface area contributed by atoms with E-state index in [1.54, 1.807) is 0 Å². The van der Waals surface area contributed by atoms with Crippen LogP contribution in [0.25, 0.3) is 0 Å². The zero-order chi connectivity index (χ0) is 25.5. The van der Waals surface area contributed by atoms with Crippen LogP contribution in [-0.4, -0.2) is 84.4 Å². The number of carbonyl (C=O) groups excluding carboxylic acids is 1. The second-order valence-corrected chi connectivity index (χ2v) is 10.3. The van der Waals surface area contributed by atoms with Gasteiger partial charge in [-0.25, -0.2) is 9.97 Å². The van der Waals surface area contributed by atoms with Crippen molar-refractivity contribution in [2.45, 2.75) is 81.9 Å². The molecular weight excluding hydrogens is 463 g/mol. The first-order valence-corrected chi connectivity index (χ1v) is 12.5. The minimum atomic E-state index is -4.52. The number of likely N-dealkylation sites (tertiary alicyclic amines) is 1. The van der Waals surface area contributed by atoms with Crippen LogP contribution in [0, 0.1) is 5.41 Å². The molecule has 4 heterocycles. The predicted octanol–water partition coefficient (Wildman–Crippen LogP) is 2.63. The Balaban J connectivity index is 1.22. The molecule has 3 aliphatic heterocycles. The van der Waals surface area contributed by atoms with Crippen molar-refractivity contribution in [2.75, 3.05) is 38.3 Å². The molecule has 0 spiro atoms. The summed E-state index contributed by atoms with van der Waals surface area (Å²) >= 11 is 0. The van der Waals surface area contributed by atoms with Gasteiger partial charge >= 0.3 is 6.18 Å². The lowest BCUT2D eigenvalue weighted by Crippen LogP contribution is -2.54. The highest BCUT2D eigenvalue weighted by Crippen LogP contribution is 2.46. The highest BCUT2D eigenvalue weighted by Gasteiger charge is 2.53. The number of amides is 1. The molecule has 1 amide bonds. The number of nitrogens with zero attached hydrogens (tertiary/aromatic N) is 4. The average Bonchev–Trinajstić information content (AvgIpc) is 3.59. The van der Waals surface area contributed by atoms with Crippen LogP contribution >= 0.6 is 0 Å². The van der Waals surface area contributed by atoms with Crippen LogP contribution in [0.3, 0.4) is 0 Å². The van der Waals surface area contributed by atoms with E-state index in [1.807, 2.05) is 9.80 Å². The molecule has 194 valence electrons. The Morgan fingerprint density at radius 2 is 2.23 bits per heavy atom. The Kier molecular flexibility index (Phi) is 6.34. The summed E-state index contributed by atoms with van der Waals surface area (Å²) in [5.74, 6) is 0.248. The van der Waals surface area contributed by atoms with Gasteiger partial charge in [0, 0.05) is 45.1 Å². The van der Waals surface area contributed by atoms with E-state index in [1.165, 1.54) is 0 Å². The van der Waals surface area contributed by atoms with E-state index in [4.69, 9.17) is 10.8 Å². The lowest BCUT2D eigenvalue weighted by Gasteiger charge is -2.39. The minimum Gasteiger partial charge on any atom is -0.379 e. The van der Waals surface area contributed by atoms with Crippen molar-refractivity contribution in [3.63, 3.8) is 0 Å².